The van der Waals surface area contributed by atoms with Gasteiger partial charge in [0.1, 0.15) is 5.58 Å². The van der Waals surface area contributed by atoms with Crippen LogP contribution in [0, 0.1) is 0 Å². The van der Waals surface area contributed by atoms with E-state index in [-0.39, 0.29) is 23.2 Å². The Hall–Kier alpha value is -3.48. The van der Waals surface area contributed by atoms with Crippen LogP contribution in [0.15, 0.2) is 65.3 Å². The second-order valence-corrected chi connectivity index (χ2v) is 7.69. The Morgan fingerprint density at radius 3 is 2.81 bits per heavy atom. The maximum Gasteiger partial charge on any atom is 0.387 e. The molecule has 0 radical (unpaired) electrons. The lowest BCUT2D eigenvalue weighted by Crippen LogP contribution is -2.27. The number of nitrogens with zero attached hydrogens (tertiary/aromatic N) is 2. The molecule has 0 bridgehead atoms. The van der Waals surface area contributed by atoms with Crippen LogP contribution in [0.25, 0.3) is 21.9 Å². The van der Waals surface area contributed by atoms with Gasteiger partial charge in [-0.1, -0.05) is 36.4 Å². The van der Waals surface area contributed by atoms with Gasteiger partial charge in [-0.05, 0) is 29.7 Å². The highest BCUT2D eigenvalue weighted by atomic mass is 19.3. The van der Waals surface area contributed by atoms with Crippen molar-refractivity contribution in [3.63, 3.8) is 0 Å². The summed E-state index contributed by atoms with van der Waals surface area (Å²) in [7, 11) is 0. The first kappa shape index (κ1) is 19.5. The number of likely N-dealkylation sites (tertiary alicyclic amines) is 1. The van der Waals surface area contributed by atoms with Crippen molar-refractivity contribution >= 4 is 27.8 Å². The van der Waals surface area contributed by atoms with Gasteiger partial charge in [-0.25, -0.2) is 0 Å². The fourth-order valence-corrected chi connectivity index (χ4v) is 4.36. The summed E-state index contributed by atoms with van der Waals surface area (Å²) in [5.74, 6) is 0.00972. The van der Waals surface area contributed by atoms with Crippen molar-refractivity contribution in [2.24, 2.45) is 0 Å². The van der Waals surface area contributed by atoms with E-state index < -0.39 is 6.61 Å². The van der Waals surface area contributed by atoms with E-state index in [1.807, 2.05) is 35.2 Å². The van der Waals surface area contributed by atoms with Gasteiger partial charge in [0.15, 0.2) is 11.3 Å². The van der Waals surface area contributed by atoms with E-state index >= 15 is 0 Å². The summed E-state index contributed by atoms with van der Waals surface area (Å²) in [6.07, 6.45) is 4.39. The maximum absolute atomic E-state index is 12.9. The molecule has 0 aliphatic carbocycles. The molecule has 158 valence electrons. The number of amides is 1. The minimum Gasteiger partial charge on any atom is -0.452 e. The van der Waals surface area contributed by atoms with E-state index in [1.54, 1.807) is 24.5 Å². The summed E-state index contributed by atoms with van der Waals surface area (Å²) in [6, 6.07) is 15.0. The van der Waals surface area contributed by atoms with E-state index in [9.17, 15) is 13.6 Å². The lowest BCUT2D eigenvalue weighted by molar-refractivity contribution is -0.127. The van der Waals surface area contributed by atoms with Crippen molar-refractivity contribution in [3.8, 4) is 5.75 Å². The van der Waals surface area contributed by atoms with Gasteiger partial charge in [0.05, 0.1) is 0 Å². The molecule has 1 aliphatic rings. The molecule has 7 heteroatoms. The number of carbonyl (C=O) groups excluding carboxylic acids is 1. The van der Waals surface area contributed by atoms with Crippen molar-refractivity contribution in [1.29, 1.82) is 0 Å². The highest BCUT2D eigenvalue weighted by Gasteiger charge is 2.33. The molecule has 0 spiro atoms. The summed E-state index contributed by atoms with van der Waals surface area (Å²) < 4.78 is 36.3. The van der Waals surface area contributed by atoms with Crippen molar-refractivity contribution < 1.29 is 22.7 Å². The molecule has 5 nitrogen and oxygen atoms in total. The molecule has 0 N–H and O–H groups in total. The monoisotopic (exact) mass is 422 g/mol. The quantitative estimate of drug-likeness (QED) is 0.432. The second-order valence-electron chi connectivity index (χ2n) is 7.69. The SMILES string of the molecule is O=C1CC(c2ccc(OC(F)F)c3oc4ccncc4c23)CN1CCc1ccccc1. The van der Waals surface area contributed by atoms with Crippen LogP contribution in [0.5, 0.6) is 5.75 Å². The number of hydrogen-bond acceptors (Lipinski definition) is 4. The first-order chi connectivity index (χ1) is 15.1. The Kier molecular flexibility index (Phi) is 5.02. The lowest BCUT2D eigenvalue weighted by atomic mass is 9.93. The first-order valence-corrected chi connectivity index (χ1v) is 10.2. The van der Waals surface area contributed by atoms with Gasteiger partial charge in [-0.15, -0.1) is 0 Å². The molecular weight excluding hydrogens is 402 g/mol. The van der Waals surface area contributed by atoms with Crippen LogP contribution in [-0.2, 0) is 11.2 Å². The molecule has 0 saturated carbocycles. The number of pyridine rings is 1. The number of furan rings is 1. The van der Waals surface area contributed by atoms with Crippen LogP contribution >= 0.6 is 0 Å². The van der Waals surface area contributed by atoms with Crippen molar-refractivity contribution in [3.05, 3.63) is 72.1 Å². The Morgan fingerprint density at radius 1 is 1.16 bits per heavy atom. The Bertz CT molecular complexity index is 1240. The third-order valence-corrected chi connectivity index (χ3v) is 5.80. The van der Waals surface area contributed by atoms with Gasteiger partial charge in [0.25, 0.3) is 0 Å². The van der Waals surface area contributed by atoms with E-state index in [4.69, 9.17) is 4.42 Å². The van der Waals surface area contributed by atoms with Crippen LogP contribution in [0.3, 0.4) is 0 Å². The van der Waals surface area contributed by atoms with Crippen LogP contribution in [0.2, 0.25) is 0 Å². The minimum absolute atomic E-state index is 0.0183. The zero-order valence-corrected chi connectivity index (χ0v) is 16.6. The van der Waals surface area contributed by atoms with Crippen LogP contribution in [-0.4, -0.2) is 35.5 Å². The lowest BCUT2D eigenvalue weighted by Gasteiger charge is -2.17. The smallest absolute Gasteiger partial charge is 0.387 e. The number of benzene rings is 2. The van der Waals surface area contributed by atoms with Crippen molar-refractivity contribution in [2.45, 2.75) is 25.4 Å². The number of aromatic nitrogens is 1. The summed E-state index contributed by atoms with van der Waals surface area (Å²) in [5, 5.41) is 1.41. The van der Waals surface area contributed by atoms with Crippen LogP contribution in [0.1, 0.15) is 23.5 Å². The van der Waals surface area contributed by atoms with Crippen LogP contribution in [0.4, 0.5) is 8.78 Å². The fourth-order valence-electron chi connectivity index (χ4n) is 4.36. The predicted molar refractivity (Wildman–Crippen MR) is 112 cm³/mol. The van der Waals surface area contributed by atoms with Gasteiger partial charge in [0.2, 0.25) is 5.91 Å². The standard InChI is InChI=1S/C24H20F2N2O3/c25-24(26)31-20-7-6-17(22-18-13-27-10-8-19(18)30-23(20)22)16-12-21(29)28(14-16)11-9-15-4-2-1-3-5-15/h1-8,10,13,16,24H,9,11-12,14H2. The number of hydrogen-bond donors (Lipinski definition) is 0. The van der Waals surface area contributed by atoms with E-state index in [0.29, 0.717) is 30.5 Å². The number of halogens is 2. The van der Waals surface area contributed by atoms with Crippen molar-refractivity contribution in [2.75, 3.05) is 13.1 Å². The second kappa shape index (κ2) is 7.98. The van der Waals surface area contributed by atoms with Gasteiger partial charge in [0, 0.05) is 48.6 Å². The summed E-state index contributed by atoms with van der Waals surface area (Å²) in [6.45, 7) is -1.74. The zero-order chi connectivity index (χ0) is 21.4. The van der Waals surface area contributed by atoms with E-state index in [1.165, 1.54) is 11.6 Å². The average molecular weight is 422 g/mol. The molecule has 2 aromatic carbocycles. The number of fused-ring (bicyclic) bond motifs is 3. The van der Waals surface area contributed by atoms with E-state index in [2.05, 4.69) is 9.72 Å². The third kappa shape index (κ3) is 3.71. The maximum atomic E-state index is 12.9. The van der Waals surface area contributed by atoms with Crippen LogP contribution < -0.4 is 4.74 Å². The number of alkyl halides is 2. The molecule has 31 heavy (non-hydrogen) atoms. The molecule has 3 heterocycles. The highest BCUT2D eigenvalue weighted by molar-refractivity contribution is 6.08. The molecule has 1 aliphatic heterocycles. The topological polar surface area (TPSA) is 55.6 Å². The minimum atomic E-state index is -2.96. The largest absolute Gasteiger partial charge is 0.452 e. The van der Waals surface area contributed by atoms with E-state index in [0.717, 1.165) is 17.4 Å². The number of carbonyl (C=O) groups is 1. The number of rotatable bonds is 6. The molecule has 1 unspecified atom stereocenters. The van der Waals surface area contributed by atoms with Gasteiger partial charge < -0.3 is 14.1 Å². The Balaban J connectivity index is 1.48. The normalized spacial score (nSPS) is 16.7. The average Bonchev–Trinajstić information content (AvgIpc) is 3.34. The molecule has 1 atom stereocenters. The molecule has 1 saturated heterocycles. The number of ether oxygens (including phenoxy) is 1. The fraction of sp³-hybridized carbons (Fsp3) is 0.250. The zero-order valence-electron chi connectivity index (χ0n) is 16.6. The predicted octanol–water partition coefficient (Wildman–Crippen LogP) is 5.14. The van der Waals surface area contributed by atoms with Crippen molar-refractivity contribution in [1.82, 2.24) is 9.88 Å². The third-order valence-electron chi connectivity index (χ3n) is 5.80. The Morgan fingerprint density at radius 2 is 2.00 bits per heavy atom. The molecule has 1 fully saturated rings. The first-order valence-electron chi connectivity index (χ1n) is 10.2. The molecule has 4 aromatic rings. The van der Waals surface area contributed by atoms with Gasteiger partial charge in [-0.2, -0.15) is 8.78 Å². The summed E-state index contributed by atoms with van der Waals surface area (Å²) in [5.41, 5.74) is 2.87. The Labute approximate surface area is 177 Å². The van der Waals surface area contributed by atoms with Gasteiger partial charge in [-0.3, -0.25) is 9.78 Å². The molecule has 1 amide bonds. The molecular formula is C24H20F2N2O3. The molecule has 2 aromatic heterocycles. The highest BCUT2D eigenvalue weighted by Crippen LogP contribution is 2.42. The summed E-state index contributed by atoms with van der Waals surface area (Å²) in [4.78, 5) is 18.7. The molecule has 5 rings (SSSR count). The summed E-state index contributed by atoms with van der Waals surface area (Å²) >= 11 is 0. The van der Waals surface area contributed by atoms with Gasteiger partial charge >= 0.3 is 6.61 Å².